The number of nitriles is 2. The predicted octanol–water partition coefficient (Wildman–Crippen LogP) is 1.81. The number of esters is 1. The number of amides is 1. The van der Waals surface area contributed by atoms with E-state index in [-0.39, 0.29) is 44.6 Å². The fraction of sp³-hybridized carbons (Fsp3) is 0.500. The summed E-state index contributed by atoms with van der Waals surface area (Å²) in [6, 6.07) is 6.66. The minimum Gasteiger partial charge on any atom is -0.452 e. The lowest BCUT2D eigenvalue weighted by Gasteiger charge is -2.26. The van der Waals surface area contributed by atoms with Gasteiger partial charge < -0.3 is 9.64 Å². The van der Waals surface area contributed by atoms with Gasteiger partial charge in [-0.3, -0.25) is 4.79 Å². The third-order valence-corrected chi connectivity index (χ3v) is 6.68. The monoisotopic (exact) mass is 450 g/mol. The summed E-state index contributed by atoms with van der Waals surface area (Å²) in [4.78, 5) is 25.2. The van der Waals surface area contributed by atoms with Crippen molar-refractivity contribution in [3.63, 3.8) is 0 Å². The molecule has 0 aliphatic carbocycles. The third-order valence-electron chi connectivity index (χ3n) is 4.77. The summed E-state index contributed by atoms with van der Waals surface area (Å²) < 4.78 is 45.9. The van der Waals surface area contributed by atoms with Crippen LogP contribution >= 0.6 is 0 Å². The molecule has 31 heavy (non-hydrogen) atoms. The number of carbonyl (C=O) groups is 2. The molecule has 0 aromatic heterocycles. The molecule has 1 fully saturated rings. The number of hydrogen-bond acceptors (Lipinski definition) is 7. The molecule has 0 atom stereocenters. The molecule has 1 aromatic rings. The van der Waals surface area contributed by atoms with Crippen molar-refractivity contribution in [2.45, 2.75) is 37.0 Å². The Morgan fingerprint density at radius 2 is 1.71 bits per heavy atom. The van der Waals surface area contributed by atoms with Crippen LogP contribution in [0.2, 0.25) is 0 Å². The molecule has 1 aliphatic heterocycles. The summed E-state index contributed by atoms with van der Waals surface area (Å²) in [6.07, 6.45) is 2.37. The lowest BCUT2D eigenvalue weighted by Crippen LogP contribution is -2.36. The van der Waals surface area contributed by atoms with E-state index in [0.29, 0.717) is 12.8 Å². The zero-order valence-corrected chi connectivity index (χ0v) is 17.7. The zero-order valence-electron chi connectivity index (χ0n) is 16.9. The number of nitrogens with zero attached hydrogens (tertiary/aromatic N) is 4. The Labute approximate surface area is 180 Å². The molecule has 0 radical (unpaired) electrons. The van der Waals surface area contributed by atoms with E-state index in [0.717, 1.165) is 24.6 Å². The summed E-state index contributed by atoms with van der Waals surface area (Å²) in [5.41, 5.74) is -0.203. The predicted molar refractivity (Wildman–Crippen MR) is 106 cm³/mol. The van der Waals surface area contributed by atoms with Gasteiger partial charge in [0, 0.05) is 26.2 Å². The van der Waals surface area contributed by atoms with Gasteiger partial charge in [0.1, 0.15) is 10.7 Å². The molecule has 1 aromatic carbocycles. The van der Waals surface area contributed by atoms with Crippen LogP contribution in [0.25, 0.3) is 0 Å². The SMILES string of the molecule is N#CCCN(CCC#N)C(=O)COC(=O)c1ccc(F)c(S(=O)(=O)N2CCCCC2)c1. The van der Waals surface area contributed by atoms with Crippen LogP contribution in [0.5, 0.6) is 0 Å². The Morgan fingerprint density at radius 3 is 2.29 bits per heavy atom. The van der Waals surface area contributed by atoms with E-state index in [2.05, 4.69) is 0 Å². The maximum absolute atomic E-state index is 14.3. The molecule has 1 saturated heterocycles. The van der Waals surface area contributed by atoms with E-state index >= 15 is 0 Å². The highest BCUT2D eigenvalue weighted by molar-refractivity contribution is 7.89. The molecule has 0 saturated carbocycles. The van der Waals surface area contributed by atoms with Crippen molar-refractivity contribution in [3.8, 4) is 12.1 Å². The largest absolute Gasteiger partial charge is 0.452 e. The molecule has 0 unspecified atom stereocenters. The van der Waals surface area contributed by atoms with E-state index in [1.807, 2.05) is 12.1 Å². The standard InChI is InChI=1S/C20H23FN4O5S/c21-17-7-6-16(14-18(17)31(28,29)25-12-2-1-3-13-25)20(27)30-15-19(26)24(10-4-8-22)11-5-9-23/h6-7,14H,1-5,10-13,15H2. The van der Waals surface area contributed by atoms with Crippen LogP contribution in [0, 0.1) is 28.5 Å². The Kier molecular flexibility index (Phi) is 8.91. The first-order valence-electron chi connectivity index (χ1n) is 9.79. The molecule has 2 rings (SSSR count). The first kappa shape index (κ1) is 24.3. The van der Waals surface area contributed by atoms with Gasteiger partial charge in [0.05, 0.1) is 30.5 Å². The van der Waals surface area contributed by atoms with Gasteiger partial charge in [-0.2, -0.15) is 14.8 Å². The second-order valence-electron chi connectivity index (χ2n) is 6.88. The summed E-state index contributed by atoms with van der Waals surface area (Å²) >= 11 is 0. The number of piperidine rings is 1. The van der Waals surface area contributed by atoms with Crippen molar-refractivity contribution in [2.24, 2.45) is 0 Å². The first-order valence-corrected chi connectivity index (χ1v) is 11.2. The number of rotatable bonds is 9. The van der Waals surface area contributed by atoms with Crippen molar-refractivity contribution in [3.05, 3.63) is 29.6 Å². The van der Waals surface area contributed by atoms with Crippen LogP contribution in [0.4, 0.5) is 4.39 Å². The Hall–Kier alpha value is -3.02. The second-order valence-corrected chi connectivity index (χ2v) is 8.79. The smallest absolute Gasteiger partial charge is 0.338 e. The van der Waals surface area contributed by atoms with Gasteiger partial charge in [0.2, 0.25) is 10.0 Å². The minimum atomic E-state index is -4.10. The zero-order chi connectivity index (χ0) is 22.9. The van der Waals surface area contributed by atoms with Crippen molar-refractivity contribution < 1.29 is 27.1 Å². The number of halogens is 1. The quantitative estimate of drug-likeness (QED) is 0.524. The Balaban J connectivity index is 2.10. The molecule has 0 N–H and O–H groups in total. The molecule has 166 valence electrons. The van der Waals surface area contributed by atoms with Crippen LogP contribution in [0.3, 0.4) is 0 Å². The van der Waals surface area contributed by atoms with Gasteiger partial charge in [0.15, 0.2) is 6.61 Å². The van der Waals surface area contributed by atoms with Crippen molar-refractivity contribution in [1.29, 1.82) is 10.5 Å². The van der Waals surface area contributed by atoms with Gasteiger partial charge >= 0.3 is 5.97 Å². The van der Waals surface area contributed by atoms with Gasteiger partial charge in [-0.15, -0.1) is 0 Å². The molecule has 1 amide bonds. The van der Waals surface area contributed by atoms with Crippen LogP contribution in [0.1, 0.15) is 42.5 Å². The summed E-state index contributed by atoms with van der Waals surface area (Å²) in [5, 5.41) is 17.4. The fourth-order valence-electron chi connectivity index (χ4n) is 3.11. The van der Waals surface area contributed by atoms with E-state index in [4.69, 9.17) is 15.3 Å². The lowest BCUT2D eigenvalue weighted by molar-refractivity contribution is -0.134. The van der Waals surface area contributed by atoms with Crippen molar-refractivity contribution in [2.75, 3.05) is 32.8 Å². The molecular weight excluding hydrogens is 427 g/mol. The highest BCUT2D eigenvalue weighted by Crippen LogP contribution is 2.24. The van der Waals surface area contributed by atoms with E-state index in [1.165, 1.54) is 9.21 Å². The van der Waals surface area contributed by atoms with E-state index in [1.54, 1.807) is 0 Å². The summed E-state index contributed by atoms with van der Waals surface area (Å²) in [6.45, 7) is 0.0896. The fourth-order valence-corrected chi connectivity index (χ4v) is 4.71. The highest BCUT2D eigenvalue weighted by Gasteiger charge is 2.29. The molecular formula is C20H23FN4O5S. The second kappa shape index (κ2) is 11.4. The number of hydrogen-bond donors (Lipinski definition) is 0. The Bertz CT molecular complexity index is 976. The summed E-state index contributed by atoms with van der Waals surface area (Å²) in [5.74, 6) is -2.55. The van der Waals surface area contributed by atoms with Crippen molar-refractivity contribution in [1.82, 2.24) is 9.21 Å². The maximum atomic E-state index is 14.3. The average molecular weight is 450 g/mol. The normalized spacial score (nSPS) is 14.3. The van der Waals surface area contributed by atoms with Gasteiger partial charge in [-0.1, -0.05) is 6.42 Å². The van der Waals surface area contributed by atoms with Crippen LogP contribution in [-0.2, 0) is 19.6 Å². The van der Waals surface area contributed by atoms with Gasteiger partial charge in [0.25, 0.3) is 5.91 Å². The highest BCUT2D eigenvalue weighted by atomic mass is 32.2. The molecule has 9 nitrogen and oxygen atoms in total. The number of ether oxygens (including phenoxy) is 1. The van der Waals surface area contributed by atoms with Crippen molar-refractivity contribution >= 4 is 21.9 Å². The molecule has 11 heteroatoms. The Morgan fingerprint density at radius 1 is 1.10 bits per heavy atom. The molecule has 1 aliphatic rings. The molecule has 0 spiro atoms. The van der Waals surface area contributed by atoms with Gasteiger partial charge in [-0.05, 0) is 31.0 Å². The molecule has 0 bridgehead atoms. The number of benzene rings is 1. The van der Waals surface area contributed by atoms with Crippen LogP contribution in [-0.4, -0.2) is 62.3 Å². The minimum absolute atomic E-state index is 0.0563. The number of sulfonamides is 1. The third kappa shape index (κ3) is 6.48. The summed E-state index contributed by atoms with van der Waals surface area (Å²) in [7, 11) is -4.10. The van der Waals surface area contributed by atoms with Crippen LogP contribution < -0.4 is 0 Å². The number of carbonyl (C=O) groups excluding carboxylic acids is 2. The van der Waals surface area contributed by atoms with Gasteiger partial charge in [-0.25, -0.2) is 17.6 Å². The average Bonchev–Trinajstić information content (AvgIpc) is 2.78. The van der Waals surface area contributed by atoms with Crippen LogP contribution in [0.15, 0.2) is 23.1 Å². The molecule has 1 heterocycles. The van der Waals surface area contributed by atoms with E-state index in [9.17, 15) is 22.4 Å². The lowest BCUT2D eigenvalue weighted by atomic mass is 10.2. The van der Waals surface area contributed by atoms with E-state index < -0.39 is 39.2 Å². The first-order chi connectivity index (χ1) is 14.8. The maximum Gasteiger partial charge on any atom is 0.338 e. The topological polar surface area (TPSA) is 132 Å².